The van der Waals surface area contributed by atoms with E-state index in [2.05, 4.69) is 11.6 Å². The van der Waals surface area contributed by atoms with E-state index in [0.29, 0.717) is 68.0 Å². The van der Waals surface area contributed by atoms with Gasteiger partial charge in [-0.05, 0) is 35.7 Å². The second-order valence-electron chi connectivity index (χ2n) is 9.73. The first-order chi connectivity index (χ1) is 20.3. The van der Waals surface area contributed by atoms with Crippen molar-refractivity contribution in [3.63, 3.8) is 0 Å². The van der Waals surface area contributed by atoms with Crippen molar-refractivity contribution >= 4 is 35.2 Å². The van der Waals surface area contributed by atoms with Gasteiger partial charge in [0.2, 0.25) is 5.88 Å². The molecular formula is C33H29Cl2FN2O4. The van der Waals surface area contributed by atoms with Gasteiger partial charge in [0.25, 0.3) is 5.91 Å². The highest BCUT2D eigenvalue weighted by Gasteiger charge is 2.30. The monoisotopic (exact) mass is 606 g/mol. The molecule has 3 aromatic carbocycles. The first-order valence-corrected chi connectivity index (χ1v) is 14.0. The average Bonchev–Trinajstić information content (AvgIpc) is 3.00. The van der Waals surface area contributed by atoms with Crippen LogP contribution in [0.2, 0.25) is 10.0 Å². The van der Waals surface area contributed by atoms with Crippen LogP contribution in [0, 0.1) is 5.82 Å². The van der Waals surface area contributed by atoms with Crippen LogP contribution in [-0.2, 0) is 15.9 Å². The summed E-state index contributed by atoms with van der Waals surface area (Å²) in [4.78, 5) is 19.3. The molecule has 9 heteroatoms. The van der Waals surface area contributed by atoms with Crippen molar-refractivity contribution in [1.29, 1.82) is 0 Å². The third kappa shape index (κ3) is 5.53. The lowest BCUT2D eigenvalue weighted by Gasteiger charge is -2.31. The van der Waals surface area contributed by atoms with Gasteiger partial charge in [-0.2, -0.15) is 0 Å². The van der Waals surface area contributed by atoms with Crippen LogP contribution in [0.15, 0.2) is 67.2 Å². The van der Waals surface area contributed by atoms with E-state index < -0.39 is 18.0 Å². The summed E-state index contributed by atoms with van der Waals surface area (Å²) in [6, 6.07) is 18.1. The fraction of sp³-hybridized carbons (Fsp3) is 0.212. The van der Waals surface area contributed by atoms with Crippen LogP contribution in [0.4, 0.5) is 4.39 Å². The Kier molecular flexibility index (Phi) is 8.94. The Balaban J connectivity index is 1.52. The molecule has 42 heavy (non-hydrogen) atoms. The summed E-state index contributed by atoms with van der Waals surface area (Å²) in [5.74, 6) is -0.556. The maximum Gasteiger partial charge on any atom is 0.257 e. The first kappa shape index (κ1) is 29.7. The SMILES string of the molecule is C=Cc1ccc(-c2cccc(-c3cccc(-c4cc(F)c5c(c4)CCN(CC(OC)OC)C5=O)c3Cl)c2Cl)nc1OC. The molecular weight excluding hydrogens is 578 g/mol. The van der Waals surface area contributed by atoms with Gasteiger partial charge in [0, 0.05) is 48.6 Å². The Morgan fingerprint density at radius 3 is 2.26 bits per heavy atom. The first-order valence-electron chi connectivity index (χ1n) is 13.2. The Bertz CT molecular complexity index is 1670. The van der Waals surface area contributed by atoms with Crippen molar-refractivity contribution in [3.05, 3.63) is 99.8 Å². The van der Waals surface area contributed by atoms with E-state index in [1.54, 1.807) is 18.1 Å². The molecule has 0 fully saturated rings. The van der Waals surface area contributed by atoms with Crippen LogP contribution < -0.4 is 4.74 Å². The number of rotatable bonds is 9. The van der Waals surface area contributed by atoms with Gasteiger partial charge in [0.1, 0.15) is 5.82 Å². The van der Waals surface area contributed by atoms with Crippen molar-refractivity contribution in [1.82, 2.24) is 9.88 Å². The number of benzene rings is 3. The number of hydrogen-bond donors (Lipinski definition) is 0. The number of hydrogen-bond acceptors (Lipinski definition) is 5. The number of carbonyl (C=O) groups excluding carboxylic acids is 1. The molecule has 2 heterocycles. The Morgan fingerprint density at radius 1 is 0.976 bits per heavy atom. The second kappa shape index (κ2) is 12.6. The Labute approximate surface area is 254 Å². The minimum absolute atomic E-state index is 0.0596. The minimum Gasteiger partial charge on any atom is -0.481 e. The number of pyridine rings is 1. The maximum atomic E-state index is 15.5. The van der Waals surface area contributed by atoms with Crippen molar-refractivity contribution < 1.29 is 23.4 Å². The number of carbonyl (C=O) groups is 1. The highest BCUT2D eigenvalue weighted by molar-refractivity contribution is 6.39. The minimum atomic E-state index is -0.604. The van der Waals surface area contributed by atoms with Crippen LogP contribution in [0.3, 0.4) is 0 Å². The van der Waals surface area contributed by atoms with E-state index in [4.69, 9.17) is 37.4 Å². The standard InChI is InChI=1S/C33H29Cl2FN2O4/c1-5-19-12-13-27(37-32(19)42-4)25-11-7-10-24(31(25)35)23-9-6-8-22(30(23)34)21-16-20-14-15-38(18-28(40-2)41-3)33(39)29(20)26(36)17-21/h5-13,16-17,28H,1,14-15,18H2,2-4H3. The summed E-state index contributed by atoms with van der Waals surface area (Å²) in [5.41, 5.74) is 5.37. The van der Waals surface area contributed by atoms with E-state index in [9.17, 15) is 4.79 Å². The molecule has 0 radical (unpaired) electrons. The topological polar surface area (TPSA) is 60.9 Å². The number of nitrogens with zero attached hydrogens (tertiary/aromatic N) is 2. The smallest absolute Gasteiger partial charge is 0.257 e. The van der Waals surface area contributed by atoms with E-state index in [0.717, 1.165) is 5.56 Å². The highest BCUT2D eigenvalue weighted by Crippen LogP contribution is 2.43. The largest absolute Gasteiger partial charge is 0.481 e. The second-order valence-corrected chi connectivity index (χ2v) is 10.5. The molecule has 4 aromatic rings. The van der Waals surface area contributed by atoms with Gasteiger partial charge >= 0.3 is 0 Å². The zero-order valence-electron chi connectivity index (χ0n) is 23.4. The fourth-order valence-corrected chi connectivity index (χ4v) is 5.85. The molecule has 216 valence electrons. The summed E-state index contributed by atoms with van der Waals surface area (Å²) in [7, 11) is 4.55. The molecule has 1 amide bonds. The van der Waals surface area contributed by atoms with Crippen molar-refractivity contribution in [2.45, 2.75) is 12.7 Å². The predicted molar refractivity (Wildman–Crippen MR) is 165 cm³/mol. The lowest BCUT2D eigenvalue weighted by atomic mass is 9.92. The van der Waals surface area contributed by atoms with Crippen molar-refractivity contribution in [2.24, 2.45) is 0 Å². The van der Waals surface area contributed by atoms with Crippen LogP contribution in [0.1, 0.15) is 21.5 Å². The zero-order valence-corrected chi connectivity index (χ0v) is 24.9. The van der Waals surface area contributed by atoms with Gasteiger partial charge in [-0.25, -0.2) is 9.37 Å². The summed E-state index contributed by atoms with van der Waals surface area (Å²) < 4.78 is 31.4. The summed E-state index contributed by atoms with van der Waals surface area (Å²) in [6.07, 6.45) is 1.57. The molecule has 0 spiro atoms. The summed E-state index contributed by atoms with van der Waals surface area (Å²) in [5, 5.41) is 0.875. The van der Waals surface area contributed by atoms with Gasteiger partial charge in [-0.3, -0.25) is 4.79 Å². The van der Waals surface area contributed by atoms with Gasteiger partial charge in [0.15, 0.2) is 6.29 Å². The summed E-state index contributed by atoms with van der Waals surface area (Å²) >= 11 is 13.9. The molecule has 5 rings (SSSR count). The number of methoxy groups -OCH3 is 3. The molecule has 0 saturated heterocycles. The molecule has 1 aliphatic heterocycles. The van der Waals surface area contributed by atoms with E-state index in [-0.39, 0.29) is 12.1 Å². The van der Waals surface area contributed by atoms with Crippen LogP contribution in [0.5, 0.6) is 5.88 Å². The molecule has 6 nitrogen and oxygen atoms in total. The normalized spacial score (nSPS) is 12.9. The van der Waals surface area contributed by atoms with E-state index >= 15 is 4.39 Å². The number of ether oxygens (including phenoxy) is 3. The number of aromatic nitrogens is 1. The van der Waals surface area contributed by atoms with E-state index in [1.165, 1.54) is 20.3 Å². The molecule has 0 bridgehead atoms. The van der Waals surface area contributed by atoms with Crippen molar-refractivity contribution in [3.8, 4) is 39.4 Å². The molecule has 0 aliphatic carbocycles. The molecule has 0 atom stereocenters. The van der Waals surface area contributed by atoms with Crippen molar-refractivity contribution in [2.75, 3.05) is 34.4 Å². The lowest BCUT2D eigenvalue weighted by Crippen LogP contribution is -2.43. The van der Waals surface area contributed by atoms with Gasteiger partial charge in [0.05, 0.1) is 35.0 Å². The summed E-state index contributed by atoms with van der Waals surface area (Å²) in [6.45, 7) is 4.42. The zero-order chi connectivity index (χ0) is 30.0. The Hall–Kier alpha value is -3.75. The Morgan fingerprint density at radius 2 is 1.62 bits per heavy atom. The lowest BCUT2D eigenvalue weighted by molar-refractivity contribution is -0.112. The van der Waals surface area contributed by atoms with Crippen LogP contribution in [0.25, 0.3) is 39.6 Å². The van der Waals surface area contributed by atoms with Gasteiger partial charge in [-0.15, -0.1) is 0 Å². The molecule has 0 N–H and O–H groups in total. The fourth-order valence-electron chi connectivity index (χ4n) is 5.19. The van der Waals surface area contributed by atoms with Crippen LogP contribution in [-0.4, -0.2) is 56.5 Å². The molecule has 0 unspecified atom stereocenters. The predicted octanol–water partition coefficient (Wildman–Crippen LogP) is 7.80. The highest BCUT2D eigenvalue weighted by atomic mass is 35.5. The third-order valence-electron chi connectivity index (χ3n) is 7.40. The molecule has 0 saturated carbocycles. The molecule has 1 aromatic heterocycles. The quantitative estimate of drug-likeness (QED) is 0.182. The number of amides is 1. The van der Waals surface area contributed by atoms with Gasteiger partial charge < -0.3 is 19.1 Å². The van der Waals surface area contributed by atoms with Crippen LogP contribution >= 0.6 is 23.2 Å². The number of fused-ring (bicyclic) bond motifs is 1. The number of halogens is 3. The van der Waals surface area contributed by atoms with Gasteiger partial charge in [-0.1, -0.05) is 78.3 Å². The molecule has 1 aliphatic rings. The third-order valence-corrected chi connectivity index (χ3v) is 8.21. The maximum absolute atomic E-state index is 15.5. The average molecular weight is 608 g/mol. The van der Waals surface area contributed by atoms with E-state index in [1.807, 2.05) is 54.6 Å².